The third-order valence-electron chi connectivity index (χ3n) is 3.49. The molecule has 0 bridgehead atoms. The smallest absolute Gasteiger partial charge is 0.160 e. The van der Waals surface area contributed by atoms with Crippen molar-refractivity contribution in [2.24, 2.45) is 0 Å². The highest BCUT2D eigenvalue weighted by Gasteiger charge is 2.18. The van der Waals surface area contributed by atoms with Crippen molar-refractivity contribution in [1.82, 2.24) is 4.90 Å². The Morgan fingerprint density at radius 2 is 2.11 bits per heavy atom. The second-order valence-electron chi connectivity index (χ2n) is 4.76. The molecule has 4 heteroatoms. The maximum atomic E-state index is 9.56. The van der Waals surface area contributed by atoms with Crippen LogP contribution < -0.4 is 4.74 Å². The molecule has 0 saturated carbocycles. The van der Waals surface area contributed by atoms with Crippen LogP contribution in [0.25, 0.3) is 0 Å². The number of hydrogen-bond donors (Lipinski definition) is 1. The number of methoxy groups -OCH3 is 1. The van der Waals surface area contributed by atoms with Crippen molar-refractivity contribution in [3.05, 3.63) is 23.8 Å². The van der Waals surface area contributed by atoms with Crippen LogP contribution in [0.4, 0.5) is 0 Å². The second kappa shape index (κ2) is 6.07. The summed E-state index contributed by atoms with van der Waals surface area (Å²) in [5.41, 5.74) is 1.15. The monoisotopic (exact) mass is 251 g/mol. The molecule has 1 saturated heterocycles. The van der Waals surface area contributed by atoms with Crippen LogP contribution in [0.2, 0.25) is 0 Å². The lowest BCUT2D eigenvalue weighted by Gasteiger charge is -2.31. The van der Waals surface area contributed by atoms with Gasteiger partial charge in [-0.2, -0.15) is 0 Å². The zero-order chi connectivity index (χ0) is 13.0. The quantitative estimate of drug-likeness (QED) is 0.889. The maximum Gasteiger partial charge on any atom is 0.160 e. The predicted octanol–water partition coefficient (Wildman–Crippen LogP) is 2.01. The van der Waals surface area contributed by atoms with E-state index in [1.54, 1.807) is 13.2 Å². The number of phenols is 1. The highest BCUT2D eigenvalue weighted by molar-refractivity contribution is 5.41. The fourth-order valence-corrected chi connectivity index (χ4v) is 2.36. The normalized spacial score (nSPS) is 17.1. The van der Waals surface area contributed by atoms with E-state index >= 15 is 0 Å². The Hall–Kier alpha value is -1.26. The fraction of sp³-hybridized carbons (Fsp3) is 0.571. The summed E-state index contributed by atoms with van der Waals surface area (Å²) in [7, 11) is 3.70. The van der Waals surface area contributed by atoms with Gasteiger partial charge in [-0.1, -0.05) is 6.07 Å². The molecule has 1 aliphatic heterocycles. The van der Waals surface area contributed by atoms with Gasteiger partial charge in [-0.25, -0.2) is 0 Å². The Morgan fingerprint density at radius 3 is 2.78 bits per heavy atom. The van der Waals surface area contributed by atoms with Gasteiger partial charge in [-0.05, 0) is 37.6 Å². The van der Waals surface area contributed by atoms with Crippen molar-refractivity contribution in [2.75, 3.05) is 27.4 Å². The van der Waals surface area contributed by atoms with Gasteiger partial charge in [0.1, 0.15) is 0 Å². The summed E-state index contributed by atoms with van der Waals surface area (Å²) in [5, 5.41) is 9.56. The van der Waals surface area contributed by atoms with Gasteiger partial charge in [-0.15, -0.1) is 0 Å². The molecule has 18 heavy (non-hydrogen) atoms. The minimum Gasteiger partial charge on any atom is -0.504 e. The van der Waals surface area contributed by atoms with Crippen molar-refractivity contribution in [1.29, 1.82) is 0 Å². The Kier molecular flexibility index (Phi) is 4.44. The Labute approximate surface area is 108 Å². The van der Waals surface area contributed by atoms with Gasteiger partial charge in [0, 0.05) is 25.8 Å². The molecule has 100 valence electrons. The van der Waals surface area contributed by atoms with Crippen molar-refractivity contribution in [2.45, 2.75) is 25.4 Å². The van der Waals surface area contributed by atoms with Crippen LogP contribution in [0.1, 0.15) is 18.4 Å². The van der Waals surface area contributed by atoms with E-state index in [1.165, 1.54) is 0 Å². The Morgan fingerprint density at radius 1 is 1.39 bits per heavy atom. The van der Waals surface area contributed by atoms with Crippen molar-refractivity contribution >= 4 is 0 Å². The Balaban J connectivity index is 1.99. The van der Waals surface area contributed by atoms with Gasteiger partial charge < -0.3 is 14.6 Å². The summed E-state index contributed by atoms with van der Waals surface area (Å²) in [6.45, 7) is 2.57. The number of aromatic hydroxyl groups is 1. The first-order valence-corrected chi connectivity index (χ1v) is 6.34. The zero-order valence-electron chi connectivity index (χ0n) is 11.1. The fourth-order valence-electron chi connectivity index (χ4n) is 2.36. The van der Waals surface area contributed by atoms with Crippen LogP contribution >= 0.6 is 0 Å². The molecule has 0 aromatic heterocycles. The summed E-state index contributed by atoms with van der Waals surface area (Å²) in [4.78, 5) is 2.34. The molecule has 1 heterocycles. The summed E-state index contributed by atoms with van der Waals surface area (Å²) < 4.78 is 10.5. The van der Waals surface area contributed by atoms with E-state index in [1.807, 2.05) is 12.1 Å². The summed E-state index contributed by atoms with van der Waals surface area (Å²) in [6.07, 6.45) is 2.18. The van der Waals surface area contributed by atoms with Crippen molar-refractivity contribution < 1.29 is 14.6 Å². The van der Waals surface area contributed by atoms with E-state index in [9.17, 15) is 5.11 Å². The summed E-state index contributed by atoms with van der Waals surface area (Å²) in [5.74, 6) is 0.725. The SMILES string of the molecule is COc1cc(CN(C)C2CCOCC2)ccc1O. The molecule has 1 aliphatic rings. The lowest BCUT2D eigenvalue weighted by Crippen LogP contribution is -2.36. The van der Waals surface area contributed by atoms with E-state index in [0.29, 0.717) is 11.8 Å². The molecule has 0 spiro atoms. The molecule has 1 aromatic carbocycles. The van der Waals surface area contributed by atoms with Crippen LogP contribution in [-0.2, 0) is 11.3 Å². The van der Waals surface area contributed by atoms with E-state index in [-0.39, 0.29) is 5.75 Å². The van der Waals surface area contributed by atoms with Crippen LogP contribution in [-0.4, -0.2) is 43.4 Å². The third kappa shape index (κ3) is 3.15. The zero-order valence-corrected chi connectivity index (χ0v) is 11.1. The molecule has 0 atom stereocenters. The lowest BCUT2D eigenvalue weighted by molar-refractivity contribution is 0.0407. The number of nitrogens with zero attached hydrogens (tertiary/aromatic N) is 1. The van der Waals surface area contributed by atoms with E-state index in [2.05, 4.69) is 11.9 Å². The molecular formula is C14H21NO3. The summed E-state index contributed by atoms with van der Waals surface area (Å²) >= 11 is 0. The first-order chi connectivity index (χ1) is 8.70. The van der Waals surface area contributed by atoms with E-state index in [0.717, 1.165) is 38.2 Å². The minimum atomic E-state index is 0.190. The molecule has 0 unspecified atom stereocenters. The highest BCUT2D eigenvalue weighted by Crippen LogP contribution is 2.27. The number of hydrogen-bond acceptors (Lipinski definition) is 4. The minimum absolute atomic E-state index is 0.190. The maximum absolute atomic E-state index is 9.56. The molecular weight excluding hydrogens is 230 g/mol. The first-order valence-electron chi connectivity index (χ1n) is 6.34. The van der Waals surface area contributed by atoms with Crippen molar-refractivity contribution in [3.8, 4) is 11.5 Å². The lowest BCUT2D eigenvalue weighted by atomic mass is 10.1. The van der Waals surface area contributed by atoms with E-state index < -0.39 is 0 Å². The molecule has 1 fully saturated rings. The number of ether oxygens (including phenoxy) is 2. The molecule has 0 radical (unpaired) electrons. The Bertz CT molecular complexity index is 389. The van der Waals surface area contributed by atoms with Crippen LogP contribution in [0.15, 0.2) is 18.2 Å². The average molecular weight is 251 g/mol. The van der Waals surface area contributed by atoms with Gasteiger partial charge in [0.15, 0.2) is 11.5 Å². The van der Waals surface area contributed by atoms with Crippen LogP contribution in [0, 0.1) is 0 Å². The molecule has 4 nitrogen and oxygen atoms in total. The largest absolute Gasteiger partial charge is 0.504 e. The standard InChI is InChI=1S/C14H21NO3/c1-15(12-5-7-18-8-6-12)10-11-3-4-13(16)14(9-11)17-2/h3-4,9,12,16H,5-8,10H2,1-2H3. The topological polar surface area (TPSA) is 41.9 Å². The molecule has 0 amide bonds. The molecule has 0 aliphatic carbocycles. The predicted molar refractivity (Wildman–Crippen MR) is 70.0 cm³/mol. The second-order valence-corrected chi connectivity index (χ2v) is 4.76. The first kappa shape index (κ1) is 13.2. The molecule has 1 aromatic rings. The molecule has 1 N–H and O–H groups in total. The third-order valence-corrected chi connectivity index (χ3v) is 3.49. The van der Waals surface area contributed by atoms with Gasteiger partial charge in [0.05, 0.1) is 7.11 Å². The van der Waals surface area contributed by atoms with Gasteiger partial charge in [-0.3, -0.25) is 4.90 Å². The van der Waals surface area contributed by atoms with Gasteiger partial charge in [0.2, 0.25) is 0 Å². The number of rotatable bonds is 4. The number of phenolic OH excluding ortho intramolecular Hbond substituents is 1. The summed E-state index contributed by atoms with van der Waals surface area (Å²) in [6, 6.07) is 6.10. The van der Waals surface area contributed by atoms with Crippen LogP contribution in [0.5, 0.6) is 11.5 Å². The van der Waals surface area contributed by atoms with Gasteiger partial charge >= 0.3 is 0 Å². The average Bonchev–Trinajstić information content (AvgIpc) is 2.42. The van der Waals surface area contributed by atoms with E-state index in [4.69, 9.17) is 9.47 Å². The number of benzene rings is 1. The highest BCUT2D eigenvalue weighted by atomic mass is 16.5. The van der Waals surface area contributed by atoms with Crippen LogP contribution in [0.3, 0.4) is 0 Å². The molecule has 2 rings (SSSR count). The van der Waals surface area contributed by atoms with Gasteiger partial charge in [0.25, 0.3) is 0 Å². The van der Waals surface area contributed by atoms with Crippen molar-refractivity contribution in [3.63, 3.8) is 0 Å².